The summed E-state index contributed by atoms with van der Waals surface area (Å²) >= 11 is 0. The summed E-state index contributed by atoms with van der Waals surface area (Å²) in [5.74, 6) is 0.804. The van der Waals surface area contributed by atoms with Gasteiger partial charge in [-0.1, -0.05) is 70.4 Å². The SMILES string of the molecule is C=C(CC/C=C(\C)CCC=C(C)C)CCC1C=C(CC/C=C(\C)CCC=C(C)C)CC(C(=O)NCCCN2CCOCC2)C1. The van der Waals surface area contributed by atoms with Crippen LogP contribution in [0.15, 0.2) is 70.4 Å². The lowest BCUT2D eigenvalue weighted by molar-refractivity contribution is -0.125. The molecule has 0 radical (unpaired) electrons. The first-order chi connectivity index (χ1) is 21.1. The van der Waals surface area contributed by atoms with E-state index in [4.69, 9.17) is 4.74 Å². The molecule has 1 aliphatic heterocycles. The van der Waals surface area contributed by atoms with Gasteiger partial charge in [-0.05, 0) is 137 Å². The maximum atomic E-state index is 13.3. The van der Waals surface area contributed by atoms with Gasteiger partial charge in [0.1, 0.15) is 0 Å². The van der Waals surface area contributed by atoms with Gasteiger partial charge in [0.05, 0.1) is 13.2 Å². The second kappa shape index (κ2) is 22.4. The fourth-order valence-electron chi connectivity index (χ4n) is 6.23. The molecule has 0 bridgehead atoms. The molecular formula is C40H66N2O2. The van der Waals surface area contributed by atoms with Crippen molar-refractivity contribution in [1.82, 2.24) is 10.2 Å². The van der Waals surface area contributed by atoms with Gasteiger partial charge in [0, 0.05) is 25.6 Å². The first-order valence-electron chi connectivity index (χ1n) is 17.6. The molecule has 1 fully saturated rings. The predicted octanol–water partition coefficient (Wildman–Crippen LogP) is 10.1. The molecule has 1 N–H and O–H groups in total. The van der Waals surface area contributed by atoms with E-state index in [9.17, 15) is 4.79 Å². The zero-order valence-electron chi connectivity index (χ0n) is 29.4. The molecule has 0 saturated carbocycles. The number of nitrogens with one attached hydrogen (secondary N) is 1. The second-order valence-corrected chi connectivity index (χ2v) is 13.9. The van der Waals surface area contributed by atoms with E-state index in [-0.39, 0.29) is 11.8 Å². The van der Waals surface area contributed by atoms with Gasteiger partial charge in [0.25, 0.3) is 0 Å². The summed E-state index contributed by atoms with van der Waals surface area (Å²) in [5.41, 5.74) is 8.57. The molecule has 1 aliphatic carbocycles. The Labute approximate surface area is 271 Å². The van der Waals surface area contributed by atoms with Crippen molar-refractivity contribution in [3.8, 4) is 0 Å². The molecule has 0 aromatic carbocycles. The van der Waals surface area contributed by atoms with E-state index in [1.165, 1.54) is 33.4 Å². The van der Waals surface area contributed by atoms with Crippen LogP contribution in [-0.4, -0.2) is 50.2 Å². The van der Waals surface area contributed by atoms with Gasteiger partial charge in [0.15, 0.2) is 0 Å². The van der Waals surface area contributed by atoms with Gasteiger partial charge in [-0.25, -0.2) is 0 Å². The summed E-state index contributed by atoms with van der Waals surface area (Å²) in [4.78, 5) is 15.8. The lowest BCUT2D eigenvalue weighted by Gasteiger charge is -2.29. The van der Waals surface area contributed by atoms with Gasteiger partial charge >= 0.3 is 0 Å². The Morgan fingerprint density at radius 3 is 2.14 bits per heavy atom. The quantitative estimate of drug-likeness (QED) is 0.111. The van der Waals surface area contributed by atoms with Crippen molar-refractivity contribution in [1.29, 1.82) is 0 Å². The maximum absolute atomic E-state index is 13.3. The molecule has 44 heavy (non-hydrogen) atoms. The monoisotopic (exact) mass is 607 g/mol. The number of hydrogen-bond acceptors (Lipinski definition) is 3. The molecule has 2 atom stereocenters. The first-order valence-corrected chi connectivity index (χ1v) is 17.6. The molecule has 0 aromatic rings. The van der Waals surface area contributed by atoms with E-state index in [0.29, 0.717) is 5.92 Å². The van der Waals surface area contributed by atoms with Crippen molar-refractivity contribution in [2.45, 2.75) is 125 Å². The zero-order chi connectivity index (χ0) is 32.2. The Kier molecular flexibility index (Phi) is 19.3. The summed E-state index contributed by atoms with van der Waals surface area (Å²) in [6.45, 7) is 23.1. The van der Waals surface area contributed by atoms with E-state index in [0.717, 1.165) is 123 Å². The fourth-order valence-corrected chi connectivity index (χ4v) is 6.23. The number of nitrogens with zero attached hydrogens (tertiary/aromatic N) is 1. The lowest BCUT2D eigenvalue weighted by atomic mass is 9.78. The fraction of sp³-hybridized carbons (Fsp3) is 0.675. The molecule has 4 nitrogen and oxygen atoms in total. The van der Waals surface area contributed by atoms with E-state index >= 15 is 0 Å². The van der Waals surface area contributed by atoms with Crippen LogP contribution in [0.5, 0.6) is 0 Å². The van der Waals surface area contributed by atoms with Gasteiger partial charge in [0.2, 0.25) is 5.91 Å². The van der Waals surface area contributed by atoms with Crippen molar-refractivity contribution >= 4 is 5.91 Å². The van der Waals surface area contributed by atoms with Gasteiger partial charge in [-0.15, -0.1) is 0 Å². The minimum absolute atomic E-state index is 0.0887. The van der Waals surface area contributed by atoms with E-state index < -0.39 is 0 Å². The average Bonchev–Trinajstić information content (AvgIpc) is 2.98. The third-order valence-corrected chi connectivity index (χ3v) is 8.99. The number of hydrogen-bond donors (Lipinski definition) is 1. The standard InChI is InChI=1S/C40H66N2O2/c1-32(2)13-8-15-34(5)17-10-18-36(7)21-22-38-29-37(20-11-19-35(6)16-9-14-33(3)4)30-39(31-38)40(43)41-23-12-24-42-25-27-44-28-26-42/h13-14,17,19,29,38-39H,7-12,15-16,18,20-28,30-31H2,1-6H3,(H,41,43)/b34-17+,35-19+. The minimum Gasteiger partial charge on any atom is -0.379 e. The van der Waals surface area contributed by atoms with Crippen LogP contribution in [0.1, 0.15) is 125 Å². The van der Waals surface area contributed by atoms with Crippen LogP contribution in [0.4, 0.5) is 0 Å². The first kappa shape index (κ1) is 38.0. The number of morpholine rings is 1. The Morgan fingerprint density at radius 1 is 0.886 bits per heavy atom. The number of amides is 1. The van der Waals surface area contributed by atoms with Crippen LogP contribution in [-0.2, 0) is 9.53 Å². The van der Waals surface area contributed by atoms with Crippen molar-refractivity contribution < 1.29 is 9.53 Å². The number of carbonyl (C=O) groups is 1. The molecule has 2 unspecified atom stereocenters. The third kappa shape index (κ3) is 18.0. The van der Waals surface area contributed by atoms with Crippen molar-refractivity contribution in [3.05, 3.63) is 70.4 Å². The zero-order valence-corrected chi connectivity index (χ0v) is 29.4. The lowest BCUT2D eigenvalue weighted by Crippen LogP contribution is -2.39. The highest BCUT2D eigenvalue weighted by molar-refractivity contribution is 5.79. The van der Waals surface area contributed by atoms with Gasteiger partial charge in [-0.2, -0.15) is 0 Å². The summed E-state index contributed by atoms with van der Waals surface area (Å²) in [6.07, 6.45) is 25.8. The Balaban J connectivity index is 1.88. The summed E-state index contributed by atoms with van der Waals surface area (Å²) < 4.78 is 5.46. The second-order valence-electron chi connectivity index (χ2n) is 13.9. The van der Waals surface area contributed by atoms with Crippen LogP contribution in [0.3, 0.4) is 0 Å². The van der Waals surface area contributed by atoms with Crippen molar-refractivity contribution in [3.63, 3.8) is 0 Å². The molecule has 4 heteroatoms. The largest absolute Gasteiger partial charge is 0.379 e. The van der Waals surface area contributed by atoms with Gasteiger partial charge in [-0.3, -0.25) is 9.69 Å². The normalized spacial score (nSPS) is 19.7. The van der Waals surface area contributed by atoms with Crippen LogP contribution >= 0.6 is 0 Å². The molecule has 1 saturated heterocycles. The van der Waals surface area contributed by atoms with Crippen LogP contribution in [0, 0.1) is 11.8 Å². The molecule has 0 spiro atoms. The van der Waals surface area contributed by atoms with Crippen LogP contribution in [0.25, 0.3) is 0 Å². The van der Waals surface area contributed by atoms with Crippen molar-refractivity contribution in [2.24, 2.45) is 11.8 Å². The summed E-state index contributed by atoms with van der Waals surface area (Å²) in [5, 5.41) is 3.29. The maximum Gasteiger partial charge on any atom is 0.223 e. The highest BCUT2D eigenvalue weighted by atomic mass is 16.5. The number of carbonyl (C=O) groups excluding carboxylic acids is 1. The topological polar surface area (TPSA) is 41.6 Å². The highest BCUT2D eigenvalue weighted by Gasteiger charge is 2.27. The molecule has 2 rings (SSSR count). The smallest absolute Gasteiger partial charge is 0.223 e. The molecule has 1 amide bonds. The molecule has 1 heterocycles. The number of ether oxygens (including phenoxy) is 1. The third-order valence-electron chi connectivity index (χ3n) is 8.99. The summed E-state index contributed by atoms with van der Waals surface area (Å²) in [7, 11) is 0. The predicted molar refractivity (Wildman–Crippen MR) is 191 cm³/mol. The average molecular weight is 607 g/mol. The van der Waals surface area contributed by atoms with Crippen LogP contribution in [0.2, 0.25) is 0 Å². The van der Waals surface area contributed by atoms with Gasteiger partial charge < -0.3 is 10.1 Å². The molecule has 248 valence electrons. The highest BCUT2D eigenvalue weighted by Crippen LogP contribution is 2.34. The minimum atomic E-state index is 0.0887. The molecular weight excluding hydrogens is 540 g/mol. The Hall–Kier alpha value is -2.17. The van der Waals surface area contributed by atoms with Crippen molar-refractivity contribution in [2.75, 3.05) is 39.4 Å². The molecule has 2 aliphatic rings. The summed E-state index contributed by atoms with van der Waals surface area (Å²) in [6, 6.07) is 0. The molecule has 0 aromatic heterocycles. The number of allylic oxidation sites excluding steroid dienone is 11. The van der Waals surface area contributed by atoms with E-state index in [1.807, 2.05) is 0 Å². The number of rotatable bonds is 20. The van der Waals surface area contributed by atoms with E-state index in [2.05, 4.69) is 88.7 Å². The van der Waals surface area contributed by atoms with E-state index in [1.54, 1.807) is 0 Å². The Morgan fingerprint density at radius 2 is 1.50 bits per heavy atom. The van der Waals surface area contributed by atoms with Crippen LogP contribution < -0.4 is 5.32 Å². The Bertz CT molecular complexity index is 1010.